The molecule has 10 aromatic rings. The van der Waals surface area contributed by atoms with Crippen LogP contribution in [0.2, 0.25) is 0 Å². The first-order valence-corrected chi connectivity index (χ1v) is 24.6. The summed E-state index contributed by atoms with van der Waals surface area (Å²) in [7, 11) is 0. The van der Waals surface area contributed by atoms with Crippen LogP contribution in [0.25, 0.3) is 32.4 Å². The van der Waals surface area contributed by atoms with Gasteiger partial charge < -0.3 is 40.2 Å². The van der Waals surface area contributed by atoms with Gasteiger partial charge in [-0.15, -0.1) is 24.7 Å². The van der Waals surface area contributed by atoms with Crippen molar-refractivity contribution in [3.63, 3.8) is 0 Å². The number of aliphatic imine (C=N–C) groups is 2. The molecule has 0 saturated carbocycles. The van der Waals surface area contributed by atoms with Gasteiger partial charge in [-0.05, 0) is 86.8 Å². The van der Waals surface area contributed by atoms with Crippen molar-refractivity contribution in [3.05, 3.63) is 267 Å². The zero-order valence-corrected chi connectivity index (χ0v) is 47.1. The minimum atomic E-state index is 0. The second-order valence-electron chi connectivity index (χ2n) is 17.6. The van der Waals surface area contributed by atoms with E-state index in [0.717, 1.165) is 68.2 Å². The molecule has 4 heterocycles. The molecule has 0 unspecified atom stereocenters. The van der Waals surface area contributed by atoms with Crippen molar-refractivity contribution in [2.24, 2.45) is 9.98 Å². The zero-order valence-electron chi connectivity index (χ0n) is 42.5. The van der Waals surface area contributed by atoms with Crippen LogP contribution in [0.3, 0.4) is 0 Å². The fourth-order valence-electron chi connectivity index (χ4n) is 8.03. The third-order valence-electron chi connectivity index (χ3n) is 11.7. The Labute approximate surface area is 476 Å². The second kappa shape index (κ2) is 28.1. The number of aromatic nitrogens is 2. The maximum absolute atomic E-state index is 4.88. The first-order chi connectivity index (χ1) is 36.4. The summed E-state index contributed by atoms with van der Waals surface area (Å²) in [6.07, 6.45) is 3.15. The number of hydrogen-bond donors (Lipinski definition) is 0. The third kappa shape index (κ3) is 14.7. The van der Waals surface area contributed by atoms with Crippen molar-refractivity contribution in [2.45, 2.75) is 39.8 Å². The molecule has 10 nitrogen and oxygen atoms in total. The molecule has 0 saturated heterocycles. The third-order valence-corrected chi connectivity index (χ3v) is 11.7. The maximum Gasteiger partial charge on any atom is 0.125 e. The molecule has 0 spiro atoms. The van der Waals surface area contributed by atoms with Crippen LogP contribution in [0, 0.1) is 25.5 Å². The van der Waals surface area contributed by atoms with E-state index in [1.54, 1.807) is 12.7 Å². The van der Waals surface area contributed by atoms with Gasteiger partial charge in [0.1, 0.15) is 11.6 Å². The molecule has 2 aliphatic heterocycles. The number of fused-ring (bicyclic) bond motifs is 4. The van der Waals surface area contributed by atoms with Crippen molar-refractivity contribution in [2.75, 3.05) is 19.6 Å². The van der Waals surface area contributed by atoms with Crippen LogP contribution in [0.15, 0.2) is 241 Å². The maximum atomic E-state index is 4.88. The van der Waals surface area contributed by atoms with Crippen molar-refractivity contribution >= 4 is 91.6 Å². The molecule has 0 bridgehead atoms. The monoisotopic (exact) mass is 1350 g/mol. The van der Waals surface area contributed by atoms with E-state index in [0.29, 0.717) is 12.1 Å². The molecule has 76 heavy (non-hydrogen) atoms. The standard InChI is InChI=1S/2C19H17N3.2C13H11N2.2Pt/c2*1-14(2)21-13-22(16-9-4-3-5-10-16)19-18(21)12-15-8-6-7-11-17(15)20-19;2*1-3-7-12(8-4-1)14-11-15-13-9-5-2-6-10-13;;/h2*3-9,11-14H,1-2H3;2*1-11H;;/q2*-2;2*-1;;. The van der Waals surface area contributed by atoms with Crippen molar-refractivity contribution in [1.82, 2.24) is 9.97 Å². The van der Waals surface area contributed by atoms with Crippen LogP contribution < -0.4 is 19.6 Å². The SMILES string of the molecule is C(=Nc1ccccc1)[N-]c1ccccc1.C(=Nc1ccccc1)[N-]c1ccccc1.CC(C)N1[CH-]N(c2[c-]cccc2)c2nc3ccccc3cc21.CC(C)N1[CH-]N(c2[c-]cccc2)c2nc3ccccc3cc21.[Pt].[Pt]. The summed E-state index contributed by atoms with van der Waals surface area (Å²) < 4.78 is 0. The molecule has 2 aliphatic rings. The predicted octanol–water partition coefficient (Wildman–Crippen LogP) is 17.1. The first-order valence-electron chi connectivity index (χ1n) is 24.6. The summed E-state index contributed by atoms with van der Waals surface area (Å²) in [6.45, 7) is 13.0. The first kappa shape index (κ1) is 55.8. The molecule has 2 aromatic heterocycles. The van der Waals surface area contributed by atoms with Gasteiger partial charge in [-0.2, -0.15) is 60.7 Å². The fourth-order valence-corrected chi connectivity index (χ4v) is 8.03. The quantitative estimate of drug-likeness (QED) is 0.0770. The van der Waals surface area contributed by atoms with Gasteiger partial charge in [0, 0.05) is 52.9 Å². The average molecular weight is 1360 g/mol. The normalized spacial score (nSPS) is 12.2. The summed E-state index contributed by atoms with van der Waals surface area (Å²) in [6, 6.07) is 83.3. The molecular formula is C64H56N10Pt2-6. The molecule has 388 valence electrons. The van der Waals surface area contributed by atoms with Gasteiger partial charge >= 0.3 is 0 Å². The number of hydrogen-bond acceptors (Lipinski definition) is 8. The van der Waals surface area contributed by atoms with E-state index in [4.69, 9.17) is 9.97 Å². The van der Waals surface area contributed by atoms with E-state index in [1.807, 2.05) is 170 Å². The van der Waals surface area contributed by atoms with Crippen LogP contribution in [0.5, 0.6) is 0 Å². The molecule has 0 fully saturated rings. The van der Waals surface area contributed by atoms with Crippen LogP contribution >= 0.6 is 0 Å². The zero-order chi connectivity index (χ0) is 50.9. The van der Waals surface area contributed by atoms with Crippen molar-refractivity contribution in [1.29, 1.82) is 0 Å². The van der Waals surface area contributed by atoms with Gasteiger partial charge in [0.15, 0.2) is 0 Å². The second-order valence-corrected chi connectivity index (χ2v) is 17.6. The smallest absolute Gasteiger partial charge is 0.125 e. The van der Waals surface area contributed by atoms with Gasteiger partial charge in [-0.25, -0.2) is 9.97 Å². The Hall–Kier alpha value is -7.90. The minimum absolute atomic E-state index is 0. The summed E-state index contributed by atoms with van der Waals surface area (Å²) in [5.41, 5.74) is 9.99. The van der Waals surface area contributed by atoms with Gasteiger partial charge in [-0.3, -0.25) is 0 Å². The van der Waals surface area contributed by atoms with Gasteiger partial charge in [0.2, 0.25) is 0 Å². The molecule has 8 aromatic carbocycles. The predicted molar refractivity (Wildman–Crippen MR) is 310 cm³/mol. The van der Waals surface area contributed by atoms with E-state index >= 15 is 0 Å². The number of nitrogens with zero attached hydrogens (tertiary/aromatic N) is 10. The van der Waals surface area contributed by atoms with Crippen LogP contribution in [-0.2, 0) is 42.1 Å². The number of benzene rings is 8. The Morgan fingerprint density at radius 2 is 0.776 bits per heavy atom. The van der Waals surface area contributed by atoms with E-state index in [2.05, 4.69) is 154 Å². The number of rotatable bonds is 10. The van der Waals surface area contributed by atoms with E-state index < -0.39 is 0 Å². The Bertz CT molecular complexity index is 3140. The van der Waals surface area contributed by atoms with Crippen LogP contribution in [0.4, 0.5) is 57.1 Å². The number of anilines is 6. The van der Waals surface area contributed by atoms with Crippen molar-refractivity contribution < 1.29 is 42.1 Å². The van der Waals surface area contributed by atoms with Gasteiger partial charge in [-0.1, -0.05) is 170 Å². The van der Waals surface area contributed by atoms with E-state index in [-0.39, 0.29) is 42.1 Å². The summed E-state index contributed by atoms with van der Waals surface area (Å²) in [5, 5.41) is 10.8. The summed E-state index contributed by atoms with van der Waals surface area (Å²) >= 11 is 0. The minimum Gasteiger partial charge on any atom is -0.498 e. The molecule has 12 rings (SSSR count). The molecule has 0 atom stereocenters. The Balaban J connectivity index is 0.000000149. The largest absolute Gasteiger partial charge is 0.498 e. The van der Waals surface area contributed by atoms with E-state index in [1.165, 1.54) is 10.8 Å². The van der Waals surface area contributed by atoms with Gasteiger partial charge in [0.05, 0.1) is 22.4 Å². The number of pyridine rings is 2. The molecule has 0 amide bonds. The molecule has 0 aliphatic carbocycles. The Kier molecular flexibility index (Phi) is 20.7. The van der Waals surface area contributed by atoms with Crippen molar-refractivity contribution in [3.8, 4) is 0 Å². The molecular weight excluding hydrogens is 1300 g/mol. The number of para-hydroxylation sites is 8. The van der Waals surface area contributed by atoms with Crippen LogP contribution in [0.1, 0.15) is 27.7 Å². The van der Waals surface area contributed by atoms with E-state index in [9.17, 15) is 0 Å². The molecule has 0 radical (unpaired) electrons. The summed E-state index contributed by atoms with van der Waals surface area (Å²) in [5.74, 6) is 1.93. The fraction of sp³-hybridized carbons (Fsp3) is 0.0938. The molecule has 0 N–H and O–H groups in total. The summed E-state index contributed by atoms with van der Waals surface area (Å²) in [4.78, 5) is 26.9. The topological polar surface area (TPSA) is 91.7 Å². The average Bonchev–Trinajstić information content (AvgIpc) is 4.05. The Morgan fingerprint density at radius 1 is 0.434 bits per heavy atom. The van der Waals surface area contributed by atoms with Gasteiger partial charge in [0.25, 0.3) is 0 Å². The van der Waals surface area contributed by atoms with Crippen LogP contribution in [-0.4, -0.2) is 34.7 Å². The Morgan fingerprint density at radius 3 is 1.13 bits per heavy atom. The molecule has 12 heteroatoms.